The van der Waals surface area contributed by atoms with Crippen LogP contribution in [-0.2, 0) is 4.79 Å². The molecule has 0 aliphatic carbocycles. The van der Waals surface area contributed by atoms with E-state index in [1.54, 1.807) is 7.11 Å². The second-order valence-corrected chi connectivity index (χ2v) is 7.81. The van der Waals surface area contributed by atoms with Crippen molar-refractivity contribution < 1.29 is 9.53 Å². The molecule has 7 heteroatoms. The third-order valence-corrected chi connectivity index (χ3v) is 5.49. The highest BCUT2D eigenvalue weighted by molar-refractivity contribution is 5.81. The molecular formula is C23H39N5O2. The number of ether oxygens (including phenoxy) is 1. The first kappa shape index (κ1) is 24.0. The molecule has 30 heavy (non-hydrogen) atoms. The van der Waals surface area contributed by atoms with Gasteiger partial charge in [0.25, 0.3) is 0 Å². The smallest absolute Gasteiger partial charge is 0.221 e. The Bertz CT molecular complexity index is 673. The first-order valence-corrected chi connectivity index (χ1v) is 11.3. The number of hydrogen-bond donors (Lipinski definition) is 3. The quantitative estimate of drug-likeness (QED) is 0.381. The number of guanidine groups is 1. The Morgan fingerprint density at radius 1 is 1.23 bits per heavy atom. The van der Waals surface area contributed by atoms with Crippen molar-refractivity contribution >= 4 is 11.9 Å². The molecule has 1 aromatic carbocycles. The monoisotopic (exact) mass is 417 g/mol. The average molecular weight is 418 g/mol. The Balaban J connectivity index is 2.01. The molecule has 2 rings (SSSR count). The zero-order chi connectivity index (χ0) is 21.8. The summed E-state index contributed by atoms with van der Waals surface area (Å²) in [5, 5.41) is 9.59. The molecule has 1 heterocycles. The summed E-state index contributed by atoms with van der Waals surface area (Å²) < 4.78 is 5.43. The van der Waals surface area contributed by atoms with E-state index in [9.17, 15) is 4.79 Å². The minimum atomic E-state index is 0.0685. The van der Waals surface area contributed by atoms with E-state index in [0.717, 1.165) is 37.8 Å². The van der Waals surface area contributed by atoms with Crippen molar-refractivity contribution in [2.24, 2.45) is 4.99 Å². The fourth-order valence-corrected chi connectivity index (χ4v) is 3.60. The van der Waals surface area contributed by atoms with E-state index in [1.807, 2.05) is 26.0 Å². The second-order valence-electron chi connectivity index (χ2n) is 7.81. The number of benzene rings is 1. The molecule has 1 saturated heterocycles. The molecule has 0 radical (unpaired) electrons. The number of aliphatic imine (C=N–C) groups is 1. The first-order chi connectivity index (χ1) is 14.6. The van der Waals surface area contributed by atoms with Gasteiger partial charge >= 0.3 is 0 Å². The van der Waals surface area contributed by atoms with Crippen LogP contribution in [0.5, 0.6) is 5.75 Å². The van der Waals surface area contributed by atoms with Crippen molar-refractivity contribution in [3.63, 3.8) is 0 Å². The molecule has 0 aromatic heterocycles. The average Bonchev–Trinajstić information content (AvgIpc) is 3.28. The van der Waals surface area contributed by atoms with Gasteiger partial charge in [-0.25, -0.2) is 0 Å². The molecule has 0 spiro atoms. The molecule has 3 N–H and O–H groups in total. The van der Waals surface area contributed by atoms with Gasteiger partial charge in [-0.05, 0) is 63.9 Å². The minimum Gasteiger partial charge on any atom is -0.497 e. The standard InChI is InChI=1S/C23H39N5O2/c1-5-18(3)27-22(29)12-13-25-23(24-6-2)26-17-21(28-14-7-8-15-28)19-10-9-11-20(16-19)30-4/h9-11,16,18,21H,5-8,12-15,17H2,1-4H3,(H,27,29)(H2,24,25,26). The van der Waals surface area contributed by atoms with Crippen LogP contribution in [0, 0.1) is 0 Å². The van der Waals surface area contributed by atoms with E-state index in [-0.39, 0.29) is 18.0 Å². The van der Waals surface area contributed by atoms with Crippen LogP contribution < -0.4 is 20.7 Å². The van der Waals surface area contributed by atoms with Crippen molar-refractivity contribution in [1.29, 1.82) is 0 Å². The summed E-state index contributed by atoms with van der Waals surface area (Å²) in [5.41, 5.74) is 1.23. The van der Waals surface area contributed by atoms with Crippen molar-refractivity contribution in [3.8, 4) is 5.75 Å². The van der Waals surface area contributed by atoms with Crippen molar-refractivity contribution in [2.45, 2.75) is 58.5 Å². The predicted molar refractivity (Wildman–Crippen MR) is 123 cm³/mol. The van der Waals surface area contributed by atoms with Gasteiger partial charge in [0.2, 0.25) is 5.91 Å². The third-order valence-electron chi connectivity index (χ3n) is 5.49. The first-order valence-electron chi connectivity index (χ1n) is 11.3. The van der Waals surface area contributed by atoms with Crippen LogP contribution in [0.2, 0.25) is 0 Å². The minimum absolute atomic E-state index is 0.0685. The van der Waals surface area contributed by atoms with E-state index < -0.39 is 0 Å². The number of carbonyl (C=O) groups is 1. The summed E-state index contributed by atoms with van der Waals surface area (Å²) in [6.07, 6.45) is 3.83. The molecule has 0 saturated carbocycles. The summed E-state index contributed by atoms with van der Waals surface area (Å²) in [6, 6.07) is 8.71. The molecule has 168 valence electrons. The summed E-state index contributed by atoms with van der Waals surface area (Å²) >= 11 is 0. The highest BCUT2D eigenvalue weighted by atomic mass is 16.5. The highest BCUT2D eigenvalue weighted by Crippen LogP contribution is 2.27. The number of nitrogens with one attached hydrogen (secondary N) is 3. The Labute approximate surface area is 181 Å². The number of amides is 1. The number of hydrogen-bond acceptors (Lipinski definition) is 4. The molecule has 0 bridgehead atoms. The van der Waals surface area contributed by atoms with E-state index in [2.05, 4.69) is 39.9 Å². The van der Waals surface area contributed by atoms with E-state index >= 15 is 0 Å². The molecule has 1 fully saturated rings. The molecular weight excluding hydrogens is 378 g/mol. The van der Waals surface area contributed by atoms with Crippen LogP contribution in [0.25, 0.3) is 0 Å². The maximum Gasteiger partial charge on any atom is 0.221 e. The van der Waals surface area contributed by atoms with E-state index in [0.29, 0.717) is 19.5 Å². The largest absolute Gasteiger partial charge is 0.497 e. The SMILES string of the molecule is CCNC(=NCC(c1cccc(OC)c1)N1CCCC1)NCCC(=O)NC(C)CC. The zero-order valence-electron chi connectivity index (χ0n) is 19.0. The van der Waals surface area contributed by atoms with Gasteiger partial charge in [-0.15, -0.1) is 0 Å². The molecule has 2 unspecified atom stereocenters. The van der Waals surface area contributed by atoms with Crippen molar-refractivity contribution in [2.75, 3.05) is 39.8 Å². The molecule has 1 aromatic rings. The highest BCUT2D eigenvalue weighted by Gasteiger charge is 2.23. The van der Waals surface area contributed by atoms with Gasteiger partial charge < -0.3 is 20.7 Å². The number of carbonyl (C=O) groups excluding carboxylic acids is 1. The Kier molecular flexibility index (Phi) is 10.5. The maximum absolute atomic E-state index is 12.0. The molecule has 7 nitrogen and oxygen atoms in total. The Morgan fingerprint density at radius 2 is 2.00 bits per heavy atom. The lowest BCUT2D eigenvalue weighted by atomic mass is 10.1. The van der Waals surface area contributed by atoms with Gasteiger partial charge in [-0.2, -0.15) is 0 Å². The Morgan fingerprint density at radius 3 is 2.67 bits per heavy atom. The van der Waals surface area contributed by atoms with Crippen LogP contribution in [-0.4, -0.2) is 62.6 Å². The summed E-state index contributed by atoms with van der Waals surface area (Å²) in [5.74, 6) is 1.69. The molecule has 2 atom stereocenters. The molecule has 1 amide bonds. The predicted octanol–water partition coefficient (Wildman–Crippen LogP) is 2.69. The second kappa shape index (κ2) is 13.1. The van der Waals surface area contributed by atoms with Crippen molar-refractivity contribution in [3.05, 3.63) is 29.8 Å². The fourth-order valence-electron chi connectivity index (χ4n) is 3.60. The van der Waals surface area contributed by atoms with Gasteiger partial charge in [0.05, 0.1) is 19.7 Å². The lowest BCUT2D eigenvalue weighted by Gasteiger charge is -2.27. The lowest BCUT2D eigenvalue weighted by Crippen LogP contribution is -2.41. The number of nitrogens with zero attached hydrogens (tertiary/aromatic N) is 2. The number of methoxy groups -OCH3 is 1. The van der Waals surface area contributed by atoms with Gasteiger partial charge in [0.1, 0.15) is 5.75 Å². The maximum atomic E-state index is 12.0. The van der Waals surface area contributed by atoms with Crippen molar-refractivity contribution in [1.82, 2.24) is 20.9 Å². The van der Waals surface area contributed by atoms with Gasteiger partial charge in [0.15, 0.2) is 5.96 Å². The summed E-state index contributed by atoms with van der Waals surface area (Å²) in [6.45, 7) is 10.3. The van der Waals surface area contributed by atoms with Crippen LogP contribution in [0.1, 0.15) is 58.1 Å². The normalized spacial score (nSPS) is 16.7. The van der Waals surface area contributed by atoms with Gasteiger partial charge in [-0.3, -0.25) is 14.7 Å². The molecule has 1 aliphatic heterocycles. The Hall–Kier alpha value is -2.28. The van der Waals surface area contributed by atoms with Crippen LogP contribution in [0.3, 0.4) is 0 Å². The van der Waals surface area contributed by atoms with Crippen LogP contribution in [0.4, 0.5) is 0 Å². The third kappa shape index (κ3) is 7.86. The topological polar surface area (TPSA) is 78.0 Å². The van der Waals surface area contributed by atoms with Crippen LogP contribution in [0.15, 0.2) is 29.3 Å². The van der Waals surface area contributed by atoms with Gasteiger partial charge in [0, 0.05) is 25.6 Å². The van der Waals surface area contributed by atoms with Crippen LogP contribution >= 0.6 is 0 Å². The summed E-state index contributed by atoms with van der Waals surface area (Å²) in [7, 11) is 1.70. The molecule has 1 aliphatic rings. The van der Waals surface area contributed by atoms with Gasteiger partial charge in [-0.1, -0.05) is 19.1 Å². The van der Waals surface area contributed by atoms with E-state index in [4.69, 9.17) is 9.73 Å². The summed E-state index contributed by atoms with van der Waals surface area (Å²) in [4.78, 5) is 19.4. The number of likely N-dealkylation sites (tertiary alicyclic amines) is 1. The number of rotatable bonds is 11. The lowest BCUT2D eigenvalue weighted by molar-refractivity contribution is -0.121. The fraction of sp³-hybridized carbons (Fsp3) is 0.652. The zero-order valence-corrected chi connectivity index (χ0v) is 19.0. The van der Waals surface area contributed by atoms with E-state index in [1.165, 1.54) is 18.4 Å².